The van der Waals surface area contributed by atoms with Gasteiger partial charge in [0.05, 0.1) is 23.1 Å². The van der Waals surface area contributed by atoms with Gasteiger partial charge >= 0.3 is 0 Å². The van der Waals surface area contributed by atoms with Gasteiger partial charge in [0.15, 0.2) is 5.78 Å². The van der Waals surface area contributed by atoms with E-state index < -0.39 is 0 Å². The van der Waals surface area contributed by atoms with Gasteiger partial charge in [-0.3, -0.25) is 4.79 Å². The van der Waals surface area contributed by atoms with Gasteiger partial charge in [0, 0.05) is 6.42 Å². The number of carbonyl (C=O) groups is 1. The van der Waals surface area contributed by atoms with Gasteiger partial charge in [0.1, 0.15) is 5.75 Å². The highest BCUT2D eigenvalue weighted by Gasteiger charge is 2.07. The molecule has 0 radical (unpaired) electrons. The number of ketones is 1. The maximum atomic E-state index is 11.8. The van der Waals surface area contributed by atoms with Crippen molar-refractivity contribution >= 4 is 17.1 Å². The average Bonchev–Trinajstić information content (AvgIpc) is 2.99. The molecule has 102 valence electrons. The first-order valence-electron chi connectivity index (χ1n) is 6.41. The molecule has 0 atom stereocenters. The third-order valence-corrected chi connectivity index (χ3v) is 3.83. The third kappa shape index (κ3) is 3.69. The van der Waals surface area contributed by atoms with Gasteiger partial charge in [-0.05, 0) is 42.5 Å². The van der Waals surface area contributed by atoms with Gasteiger partial charge in [-0.1, -0.05) is 12.1 Å². The summed E-state index contributed by atoms with van der Waals surface area (Å²) in [4.78, 5) is 12.6. The summed E-state index contributed by atoms with van der Waals surface area (Å²) in [6.45, 7) is 2.42. The molecule has 1 heterocycles. The minimum absolute atomic E-state index is 0.158. The van der Waals surface area contributed by atoms with E-state index >= 15 is 0 Å². The zero-order valence-corrected chi connectivity index (χ0v) is 12.1. The number of hydrogen-bond donors (Lipinski definition) is 0. The summed E-state index contributed by atoms with van der Waals surface area (Å²) < 4.78 is 5.65. The lowest BCUT2D eigenvalue weighted by atomic mass is 10.1. The maximum Gasteiger partial charge on any atom is 0.172 e. The molecule has 0 aliphatic rings. The first-order chi connectivity index (χ1) is 9.70. The first kappa shape index (κ1) is 14.3. The van der Waals surface area contributed by atoms with Crippen LogP contribution in [0.5, 0.6) is 5.75 Å². The first-order valence-corrected chi connectivity index (χ1v) is 7.29. The lowest BCUT2D eigenvalue weighted by Crippen LogP contribution is -2.03. The second kappa shape index (κ2) is 6.88. The fraction of sp³-hybridized carbons (Fsp3) is 0.250. The summed E-state index contributed by atoms with van der Waals surface area (Å²) in [5.74, 6) is 0.874. The predicted molar refractivity (Wildman–Crippen MR) is 79.3 cm³/mol. The Balaban J connectivity index is 1.82. The van der Waals surface area contributed by atoms with Crippen LogP contribution in [0.2, 0.25) is 0 Å². The quantitative estimate of drug-likeness (QED) is 0.596. The Morgan fingerprint density at radius 2 is 2.25 bits per heavy atom. The number of thiophene rings is 1. The van der Waals surface area contributed by atoms with Crippen LogP contribution in [0.15, 0.2) is 35.7 Å². The highest BCUT2D eigenvalue weighted by atomic mass is 32.1. The number of rotatable bonds is 6. The van der Waals surface area contributed by atoms with Crippen LogP contribution in [0.4, 0.5) is 0 Å². The van der Waals surface area contributed by atoms with E-state index in [2.05, 4.69) is 6.07 Å². The molecule has 0 saturated heterocycles. The molecule has 3 nitrogen and oxygen atoms in total. The minimum Gasteiger partial charge on any atom is -0.493 e. The highest BCUT2D eigenvalue weighted by Crippen LogP contribution is 2.20. The zero-order valence-electron chi connectivity index (χ0n) is 11.3. The molecule has 0 amide bonds. The normalized spacial score (nSPS) is 10.0. The molecule has 0 aliphatic heterocycles. The molecule has 0 unspecified atom stereocenters. The number of carbonyl (C=O) groups excluding carboxylic acids is 1. The second-order valence-electron chi connectivity index (χ2n) is 4.44. The smallest absolute Gasteiger partial charge is 0.172 e. The second-order valence-corrected chi connectivity index (χ2v) is 5.39. The molecule has 20 heavy (non-hydrogen) atoms. The molecule has 2 rings (SSSR count). The lowest BCUT2D eigenvalue weighted by Gasteiger charge is -2.08. The summed E-state index contributed by atoms with van der Waals surface area (Å²) in [6, 6.07) is 11.2. The van der Waals surface area contributed by atoms with Crippen LogP contribution >= 0.6 is 11.3 Å². The van der Waals surface area contributed by atoms with Crippen LogP contribution in [0, 0.1) is 18.3 Å². The van der Waals surface area contributed by atoms with E-state index in [9.17, 15) is 4.79 Å². The van der Waals surface area contributed by atoms with Crippen molar-refractivity contribution in [1.82, 2.24) is 0 Å². The van der Waals surface area contributed by atoms with E-state index in [-0.39, 0.29) is 5.78 Å². The van der Waals surface area contributed by atoms with Crippen LogP contribution in [0.25, 0.3) is 0 Å². The number of aryl methyl sites for hydroxylation is 1. The Morgan fingerprint density at radius 1 is 1.40 bits per heavy atom. The van der Waals surface area contributed by atoms with E-state index in [1.807, 2.05) is 30.5 Å². The van der Waals surface area contributed by atoms with Crippen molar-refractivity contribution in [2.24, 2.45) is 0 Å². The average molecular weight is 285 g/mol. The van der Waals surface area contributed by atoms with Gasteiger partial charge in [0.2, 0.25) is 0 Å². The maximum absolute atomic E-state index is 11.8. The molecule has 1 aromatic heterocycles. The Morgan fingerprint density at radius 3 is 2.95 bits per heavy atom. The van der Waals surface area contributed by atoms with Crippen molar-refractivity contribution in [2.75, 3.05) is 6.61 Å². The SMILES string of the molecule is Cc1ccc(C#N)cc1OCCCC(=O)c1cccs1. The van der Waals surface area contributed by atoms with Crippen LogP contribution < -0.4 is 4.74 Å². The van der Waals surface area contributed by atoms with E-state index in [0.29, 0.717) is 30.8 Å². The van der Waals surface area contributed by atoms with Crippen LogP contribution in [0.3, 0.4) is 0 Å². The van der Waals surface area contributed by atoms with Crippen LogP contribution in [-0.4, -0.2) is 12.4 Å². The summed E-state index contributed by atoms with van der Waals surface area (Å²) in [5, 5.41) is 10.8. The van der Waals surface area contributed by atoms with E-state index in [0.717, 1.165) is 10.4 Å². The Hall–Kier alpha value is -2.12. The van der Waals surface area contributed by atoms with Crippen LogP contribution in [0.1, 0.15) is 33.6 Å². The van der Waals surface area contributed by atoms with E-state index in [4.69, 9.17) is 10.00 Å². The molecule has 0 aliphatic carbocycles. The largest absolute Gasteiger partial charge is 0.493 e. The number of nitrogens with zero attached hydrogens (tertiary/aromatic N) is 1. The monoisotopic (exact) mass is 285 g/mol. The molecule has 0 N–H and O–H groups in total. The van der Waals surface area contributed by atoms with Gasteiger partial charge in [-0.15, -0.1) is 11.3 Å². The van der Waals surface area contributed by atoms with Gasteiger partial charge in [0.25, 0.3) is 0 Å². The summed E-state index contributed by atoms with van der Waals surface area (Å²) in [7, 11) is 0. The third-order valence-electron chi connectivity index (χ3n) is 2.92. The highest BCUT2D eigenvalue weighted by molar-refractivity contribution is 7.12. The predicted octanol–water partition coefficient (Wildman–Crippen LogP) is 3.97. The Kier molecular flexibility index (Phi) is 4.91. The van der Waals surface area contributed by atoms with Gasteiger partial charge in [-0.25, -0.2) is 0 Å². The topological polar surface area (TPSA) is 50.1 Å². The number of Topliss-reactive ketones (excluding diaryl/α,β-unsaturated/α-hetero) is 1. The fourth-order valence-electron chi connectivity index (χ4n) is 1.80. The molecule has 0 saturated carbocycles. The molecule has 1 aromatic carbocycles. The fourth-order valence-corrected chi connectivity index (χ4v) is 2.49. The van der Waals surface area contributed by atoms with Crippen molar-refractivity contribution in [3.05, 3.63) is 51.7 Å². The number of ether oxygens (including phenoxy) is 1. The molecular formula is C16H15NO2S. The van der Waals surface area contributed by atoms with Crippen LogP contribution in [-0.2, 0) is 0 Å². The Labute approximate surface area is 122 Å². The number of hydrogen-bond acceptors (Lipinski definition) is 4. The van der Waals surface area contributed by atoms with Crippen molar-refractivity contribution in [2.45, 2.75) is 19.8 Å². The van der Waals surface area contributed by atoms with Crippen molar-refractivity contribution in [1.29, 1.82) is 5.26 Å². The molecule has 0 bridgehead atoms. The molecular weight excluding hydrogens is 270 g/mol. The summed E-state index contributed by atoms with van der Waals surface area (Å²) >= 11 is 1.47. The summed E-state index contributed by atoms with van der Waals surface area (Å²) in [5.41, 5.74) is 1.58. The molecule has 0 spiro atoms. The van der Waals surface area contributed by atoms with Crippen molar-refractivity contribution in [3.8, 4) is 11.8 Å². The van der Waals surface area contributed by atoms with Gasteiger partial charge in [-0.2, -0.15) is 5.26 Å². The van der Waals surface area contributed by atoms with Crippen molar-refractivity contribution in [3.63, 3.8) is 0 Å². The number of nitriles is 1. The lowest BCUT2D eigenvalue weighted by molar-refractivity contribution is 0.0977. The van der Waals surface area contributed by atoms with E-state index in [1.165, 1.54) is 11.3 Å². The molecule has 4 heteroatoms. The molecule has 2 aromatic rings. The zero-order chi connectivity index (χ0) is 14.4. The number of benzene rings is 1. The van der Waals surface area contributed by atoms with Gasteiger partial charge < -0.3 is 4.74 Å². The van der Waals surface area contributed by atoms with E-state index in [1.54, 1.807) is 12.1 Å². The Bertz CT molecular complexity index is 626. The van der Waals surface area contributed by atoms with Crippen molar-refractivity contribution < 1.29 is 9.53 Å². The molecule has 0 fully saturated rings. The standard InChI is InChI=1S/C16H15NO2S/c1-12-6-7-13(11-17)10-15(12)19-8-2-4-14(18)16-5-3-9-20-16/h3,5-7,9-10H,2,4,8H2,1H3. The summed E-state index contributed by atoms with van der Waals surface area (Å²) in [6.07, 6.45) is 1.16. The minimum atomic E-state index is 0.158.